The number of hydrogen-bond acceptors (Lipinski definition) is 2. The van der Waals surface area contributed by atoms with Crippen LogP contribution in [0.2, 0.25) is 0 Å². The van der Waals surface area contributed by atoms with Crippen LogP contribution in [0.5, 0.6) is 0 Å². The van der Waals surface area contributed by atoms with Crippen LogP contribution in [-0.2, 0) is 22.2 Å². The van der Waals surface area contributed by atoms with Gasteiger partial charge >= 0.3 is 6.18 Å². The van der Waals surface area contributed by atoms with E-state index in [0.717, 1.165) is 12.1 Å². The molecule has 23 heavy (non-hydrogen) atoms. The first-order chi connectivity index (χ1) is 10.6. The minimum absolute atomic E-state index is 0.0648. The van der Waals surface area contributed by atoms with Gasteiger partial charge in [-0.25, -0.2) is 0 Å². The number of carbonyl (C=O) groups is 2. The van der Waals surface area contributed by atoms with E-state index in [1.165, 1.54) is 19.1 Å². The summed E-state index contributed by atoms with van der Waals surface area (Å²) in [5.74, 6) is -0.659. The Balaban J connectivity index is 2.52. The van der Waals surface area contributed by atoms with E-state index in [1.807, 2.05) is 13.8 Å². The fraction of sp³-hybridized carbons (Fsp3) is 0.500. The fourth-order valence-corrected chi connectivity index (χ4v) is 2.05. The van der Waals surface area contributed by atoms with Crippen LogP contribution in [0.1, 0.15) is 31.9 Å². The minimum Gasteiger partial charge on any atom is -0.354 e. The summed E-state index contributed by atoms with van der Waals surface area (Å²) >= 11 is 0. The molecule has 1 atom stereocenters. The molecule has 0 radical (unpaired) electrons. The first-order valence-corrected chi connectivity index (χ1v) is 7.32. The third kappa shape index (κ3) is 6.30. The van der Waals surface area contributed by atoms with Gasteiger partial charge in [-0.2, -0.15) is 13.2 Å². The lowest BCUT2D eigenvalue weighted by atomic mass is 10.0. The van der Waals surface area contributed by atoms with Gasteiger partial charge in [0.1, 0.15) is 6.04 Å². The van der Waals surface area contributed by atoms with Gasteiger partial charge in [0.2, 0.25) is 11.8 Å². The van der Waals surface area contributed by atoms with Crippen molar-refractivity contribution >= 4 is 11.8 Å². The molecule has 7 heteroatoms. The summed E-state index contributed by atoms with van der Waals surface area (Å²) in [7, 11) is 0. The van der Waals surface area contributed by atoms with Crippen molar-refractivity contribution in [3.8, 4) is 0 Å². The van der Waals surface area contributed by atoms with Crippen LogP contribution < -0.4 is 10.6 Å². The second kappa shape index (κ2) is 7.99. The van der Waals surface area contributed by atoms with E-state index in [4.69, 9.17) is 0 Å². The molecule has 0 saturated carbocycles. The van der Waals surface area contributed by atoms with E-state index < -0.39 is 17.8 Å². The van der Waals surface area contributed by atoms with Gasteiger partial charge in [0, 0.05) is 13.5 Å². The zero-order valence-corrected chi connectivity index (χ0v) is 13.3. The molecule has 2 N–H and O–H groups in total. The van der Waals surface area contributed by atoms with Gasteiger partial charge in [0.15, 0.2) is 0 Å². The molecule has 0 saturated heterocycles. The van der Waals surface area contributed by atoms with Crippen molar-refractivity contribution in [1.82, 2.24) is 10.6 Å². The Labute approximate surface area is 133 Å². The molecule has 1 aromatic carbocycles. The lowest BCUT2D eigenvalue weighted by Crippen LogP contribution is -2.49. The van der Waals surface area contributed by atoms with E-state index in [9.17, 15) is 22.8 Å². The maximum absolute atomic E-state index is 12.5. The van der Waals surface area contributed by atoms with Crippen LogP contribution in [-0.4, -0.2) is 24.4 Å². The number of amides is 2. The molecule has 128 valence electrons. The van der Waals surface area contributed by atoms with Crippen molar-refractivity contribution in [1.29, 1.82) is 0 Å². The van der Waals surface area contributed by atoms with E-state index >= 15 is 0 Å². The zero-order valence-electron chi connectivity index (χ0n) is 13.3. The maximum atomic E-state index is 12.5. The SMILES string of the molecule is CC(=O)N[C@H](C(=O)NCCc1ccc(C(F)(F)F)cc1)C(C)C. The Morgan fingerprint density at radius 2 is 1.70 bits per heavy atom. The molecular formula is C16H21F3N2O2. The highest BCUT2D eigenvalue weighted by atomic mass is 19.4. The molecule has 0 aliphatic heterocycles. The molecule has 0 bridgehead atoms. The first kappa shape index (κ1) is 19.0. The molecule has 0 aliphatic rings. The summed E-state index contributed by atoms with van der Waals surface area (Å²) in [5.41, 5.74) is -0.00487. The van der Waals surface area contributed by atoms with Crippen LogP contribution in [0.25, 0.3) is 0 Å². The maximum Gasteiger partial charge on any atom is 0.416 e. The van der Waals surface area contributed by atoms with Crippen LogP contribution in [0.3, 0.4) is 0 Å². The Hall–Kier alpha value is -2.05. The standard InChI is InChI=1S/C16H21F3N2O2/c1-10(2)14(21-11(3)22)15(23)20-9-8-12-4-6-13(7-5-12)16(17,18)19/h4-7,10,14H,8-9H2,1-3H3,(H,20,23)(H,21,22)/t14-/m0/s1. The molecule has 1 aromatic rings. The van der Waals surface area contributed by atoms with E-state index in [1.54, 1.807) is 0 Å². The molecule has 0 spiro atoms. The summed E-state index contributed by atoms with van der Waals surface area (Å²) in [6.45, 7) is 5.25. The normalized spacial score (nSPS) is 12.8. The van der Waals surface area contributed by atoms with E-state index in [-0.39, 0.29) is 24.3 Å². The highest BCUT2D eigenvalue weighted by Gasteiger charge is 2.29. The topological polar surface area (TPSA) is 58.2 Å². The predicted octanol–water partition coefficient (Wildman–Crippen LogP) is 2.52. The number of carbonyl (C=O) groups excluding carboxylic acids is 2. The first-order valence-electron chi connectivity index (χ1n) is 7.32. The van der Waals surface area contributed by atoms with Crippen LogP contribution in [0.15, 0.2) is 24.3 Å². The van der Waals surface area contributed by atoms with E-state index in [2.05, 4.69) is 10.6 Å². The monoisotopic (exact) mass is 330 g/mol. The van der Waals surface area contributed by atoms with Crippen molar-refractivity contribution in [2.45, 2.75) is 39.4 Å². The van der Waals surface area contributed by atoms with Gasteiger partial charge in [0.05, 0.1) is 5.56 Å². The lowest BCUT2D eigenvalue weighted by Gasteiger charge is -2.20. The van der Waals surface area contributed by atoms with Crippen molar-refractivity contribution in [2.75, 3.05) is 6.54 Å². The third-order valence-corrected chi connectivity index (χ3v) is 3.30. The van der Waals surface area contributed by atoms with Gasteiger partial charge in [-0.05, 0) is 30.0 Å². The summed E-state index contributed by atoms with van der Waals surface area (Å²) in [6.07, 6.45) is -3.94. The molecule has 0 aromatic heterocycles. The molecule has 0 fully saturated rings. The van der Waals surface area contributed by atoms with Gasteiger partial charge < -0.3 is 10.6 Å². The van der Waals surface area contributed by atoms with Crippen molar-refractivity contribution in [3.05, 3.63) is 35.4 Å². The molecular weight excluding hydrogens is 309 g/mol. The Kier molecular flexibility index (Phi) is 6.60. The zero-order chi connectivity index (χ0) is 17.6. The van der Waals surface area contributed by atoms with Gasteiger partial charge in [-0.15, -0.1) is 0 Å². The molecule has 2 amide bonds. The van der Waals surface area contributed by atoms with Gasteiger partial charge in [0.25, 0.3) is 0 Å². The fourth-order valence-electron chi connectivity index (χ4n) is 2.05. The van der Waals surface area contributed by atoms with Crippen LogP contribution in [0, 0.1) is 5.92 Å². The lowest BCUT2D eigenvalue weighted by molar-refractivity contribution is -0.137. The number of benzene rings is 1. The molecule has 0 aliphatic carbocycles. The minimum atomic E-state index is -4.35. The Morgan fingerprint density at radius 3 is 2.13 bits per heavy atom. The summed E-state index contributed by atoms with van der Waals surface area (Å²) in [4.78, 5) is 23.1. The Morgan fingerprint density at radius 1 is 1.13 bits per heavy atom. The van der Waals surface area contributed by atoms with Crippen LogP contribution in [0.4, 0.5) is 13.2 Å². The van der Waals surface area contributed by atoms with Crippen molar-refractivity contribution in [2.24, 2.45) is 5.92 Å². The number of halogens is 3. The quantitative estimate of drug-likeness (QED) is 0.842. The molecule has 0 unspecified atom stereocenters. The number of rotatable bonds is 6. The Bertz CT molecular complexity index is 539. The highest BCUT2D eigenvalue weighted by Crippen LogP contribution is 2.29. The average molecular weight is 330 g/mol. The van der Waals surface area contributed by atoms with Gasteiger partial charge in [-0.3, -0.25) is 9.59 Å². The van der Waals surface area contributed by atoms with Gasteiger partial charge in [-0.1, -0.05) is 26.0 Å². The smallest absolute Gasteiger partial charge is 0.354 e. The molecule has 0 heterocycles. The van der Waals surface area contributed by atoms with Crippen LogP contribution >= 0.6 is 0 Å². The largest absolute Gasteiger partial charge is 0.416 e. The second-order valence-corrected chi connectivity index (χ2v) is 5.66. The summed E-state index contributed by atoms with van der Waals surface area (Å²) < 4.78 is 37.4. The van der Waals surface area contributed by atoms with E-state index in [0.29, 0.717) is 12.0 Å². The predicted molar refractivity (Wildman–Crippen MR) is 80.6 cm³/mol. The number of alkyl halides is 3. The second-order valence-electron chi connectivity index (χ2n) is 5.66. The van der Waals surface area contributed by atoms with Crippen molar-refractivity contribution < 1.29 is 22.8 Å². The number of hydrogen-bond donors (Lipinski definition) is 2. The average Bonchev–Trinajstić information content (AvgIpc) is 2.43. The third-order valence-electron chi connectivity index (χ3n) is 3.30. The number of nitrogens with one attached hydrogen (secondary N) is 2. The highest BCUT2D eigenvalue weighted by molar-refractivity contribution is 5.87. The molecule has 1 rings (SSSR count). The molecule has 4 nitrogen and oxygen atoms in total. The van der Waals surface area contributed by atoms with Crippen molar-refractivity contribution in [3.63, 3.8) is 0 Å². The summed E-state index contributed by atoms with van der Waals surface area (Å²) in [5, 5.41) is 5.26. The summed E-state index contributed by atoms with van der Waals surface area (Å²) in [6, 6.07) is 4.20.